The van der Waals surface area contributed by atoms with Crippen molar-refractivity contribution in [2.75, 3.05) is 18.4 Å². The third-order valence-corrected chi connectivity index (χ3v) is 4.87. The molecule has 5 heteroatoms. The molecule has 0 atom stereocenters. The fourth-order valence-electron chi connectivity index (χ4n) is 3.35. The van der Waals surface area contributed by atoms with E-state index in [1.165, 1.54) is 6.08 Å². The molecule has 140 valence electrons. The number of anilines is 1. The molecule has 2 aromatic carbocycles. The molecule has 1 N–H and O–H groups in total. The van der Waals surface area contributed by atoms with Crippen molar-refractivity contribution in [3.05, 3.63) is 78.4 Å². The third kappa shape index (κ3) is 4.82. The number of nitrogens with zero attached hydrogens (tertiary/aromatic N) is 1. The summed E-state index contributed by atoms with van der Waals surface area (Å²) in [6.07, 6.45) is 2.19. The lowest BCUT2D eigenvalue weighted by Gasteiger charge is -2.36. The molecule has 3 rings (SSSR count). The number of carbonyl (C=O) groups is 2. The second-order valence-corrected chi connectivity index (χ2v) is 6.88. The van der Waals surface area contributed by atoms with Gasteiger partial charge >= 0.3 is 0 Å². The van der Waals surface area contributed by atoms with Crippen LogP contribution < -0.4 is 5.32 Å². The maximum atomic E-state index is 15.1. The number of carbonyl (C=O) groups excluding carboxylic acids is 2. The van der Waals surface area contributed by atoms with Gasteiger partial charge in [-0.25, -0.2) is 4.39 Å². The van der Waals surface area contributed by atoms with E-state index >= 15 is 4.39 Å². The molecule has 1 aliphatic rings. The largest absolute Gasteiger partial charge is 0.338 e. The van der Waals surface area contributed by atoms with Crippen LogP contribution >= 0.6 is 0 Å². The Balaban J connectivity index is 1.62. The number of halogens is 1. The van der Waals surface area contributed by atoms with Crippen molar-refractivity contribution in [3.63, 3.8) is 0 Å². The van der Waals surface area contributed by atoms with Crippen LogP contribution in [0.5, 0.6) is 0 Å². The van der Waals surface area contributed by atoms with E-state index in [-0.39, 0.29) is 11.8 Å². The van der Waals surface area contributed by atoms with Crippen molar-refractivity contribution in [3.8, 4) is 0 Å². The molecule has 1 heterocycles. The van der Waals surface area contributed by atoms with Gasteiger partial charge in [-0.3, -0.25) is 9.59 Å². The molecule has 0 bridgehead atoms. The van der Waals surface area contributed by atoms with Crippen LogP contribution in [-0.4, -0.2) is 35.5 Å². The van der Waals surface area contributed by atoms with Crippen molar-refractivity contribution in [1.29, 1.82) is 0 Å². The Kier molecular flexibility index (Phi) is 5.69. The number of likely N-dealkylation sites (tertiary alicyclic amines) is 1. The van der Waals surface area contributed by atoms with Gasteiger partial charge in [0.05, 0.1) is 0 Å². The van der Waals surface area contributed by atoms with Gasteiger partial charge in [0, 0.05) is 30.8 Å². The molecule has 0 unspecified atom stereocenters. The average Bonchev–Trinajstić information content (AvgIpc) is 2.68. The fraction of sp³-hybridized carbons (Fsp3) is 0.273. The molecule has 1 saturated heterocycles. The van der Waals surface area contributed by atoms with Gasteiger partial charge in [0.15, 0.2) is 0 Å². The van der Waals surface area contributed by atoms with Gasteiger partial charge in [0.2, 0.25) is 5.91 Å². The Bertz CT molecular complexity index is 827. The molecule has 2 amide bonds. The van der Waals surface area contributed by atoms with Crippen molar-refractivity contribution in [2.24, 2.45) is 0 Å². The van der Waals surface area contributed by atoms with E-state index in [4.69, 9.17) is 0 Å². The van der Waals surface area contributed by atoms with Gasteiger partial charge < -0.3 is 10.2 Å². The van der Waals surface area contributed by atoms with Crippen LogP contribution in [0.3, 0.4) is 0 Å². The molecule has 0 spiro atoms. The highest BCUT2D eigenvalue weighted by molar-refractivity contribution is 6.00. The lowest BCUT2D eigenvalue weighted by Crippen LogP contribution is -2.45. The van der Waals surface area contributed by atoms with Gasteiger partial charge in [-0.2, -0.15) is 0 Å². The van der Waals surface area contributed by atoms with Crippen molar-refractivity contribution >= 4 is 17.5 Å². The Labute approximate surface area is 158 Å². The van der Waals surface area contributed by atoms with Gasteiger partial charge in [0.25, 0.3) is 5.91 Å². The van der Waals surface area contributed by atoms with Crippen LogP contribution in [0.15, 0.2) is 67.3 Å². The smallest absolute Gasteiger partial charge is 0.253 e. The normalized spacial score (nSPS) is 15.8. The Morgan fingerprint density at radius 2 is 1.81 bits per heavy atom. The van der Waals surface area contributed by atoms with Crippen molar-refractivity contribution < 1.29 is 14.0 Å². The topological polar surface area (TPSA) is 49.4 Å². The summed E-state index contributed by atoms with van der Waals surface area (Å²) < 4.78 is 15.1. The molecule has 27 heavy (non-hydrogen) atoms. The first-order valence-corrected chi connectivity index (χ1v) is 9.05. The number of hydrogen-bond donors (Lipinski definition) is 1. The molecule has 1 aliphatic heterocycles. The molecule has 0 radical (unpaired) electrons. The highest BCUT2D eigenvalue weighted by Gasteiger charge is 2.36. The first-order valence-electron chi connectivity index (χ1n) is 9.05. The van der Waals surface area contributed by atoms with Crippen molar-refractivity contribution in [2.45, 2.75) is 24.9 Å². The van der Waals surface area contributed by atoms with E-state index in [1.54, 1.807) is 29.2 Å². The summed E-state index contributed by atoms with van der Waals surface area (Å²) in [5, 5.41) is 2.64. The molecule has 0 aromatic heterocycles. The number of hydrogen-bond acceptors (Lipinski definition) is 2. The first-order chi connectivity index (χ1) is 13.0. The Morgan fingerprint density at radius 3 is 2.48 bits per heavy atom. The lowest BCUT2D eigenvalue weighted by molar-refractivity contribution is -0.111. The number of amides is 2. The first kappa shape index (κ1) is 18.8. The predicted octanol–water partition coefficient (Wildman–Crippen LogP) is 4.00. The SMILES string of the molecule is C=CC(=O)Nc1cccc(C(=O)N2CCC(F)(Cc3ccccc3)CC2)c1. The molecule has 2 aromatic rings. The molecular weight excluding hydrogens is 343 g/mol. The molecular formula is C22H23FN2O2. The van der Waals surface area contributed by atoms with Crippen LogP contribution in [0.4, 0.5) is 10.1 Å². The summed E-state index contributed by atoms with van der Waals surface area (Å²) in [7, 11) is 0. The minimum atomic E-state index is -1.28. The summed E-state index contributed by atoms with van der Waals surface area (Å²) in [6.45, 7) is 4.17. The summed E-state index contributed by atoms with van der Waals surface area (Å²) in [5.41, 5.74) is 0.709. The highest BCUT2D eigenvalue weighted by atomic mass is 19.1. The number of benzene rings is 2. The third-order valence-electron chi connectivity index (χ3n) is 4.87. The standard InChI is InChI=1S/C22H23FN2O2/c1-2-20(26)24-19-10-6-9-18(15-19)21(27)25-13-11-22(23,12-14-25)16-17-7-4-3-5-8-17/h2-10,15H,1,11-14,16H2,(H,24,26). The zero-order chi connectivity index (χ0) is 19.3. The van der Waals surface area contributed by atoms with Gasteiger partial charge in [-0.05, 0) is 42.7 Å². The summed E-state index contributed by atoms with van der Waals surface area (Å²) in [5.74, 6) is -0.479. The number of alkyl halides is 1. The van der Waals surface area contributed by atoms with E-state index in [2.05, 4.69) is 11.9 Å². The lowest BCUT2D eigenvalue weighted by atomic mass is 9.87. The Morgan fingerprint density at radius 1 is 1.11 bits per heavy atom. The average molecular weight is 366 g/mol. The van der Waals surface area contributed by atoms with Crippen LogP contribution in [0.2, 0.25) is 0 Å². The Hall–Kier alpha value is -2.95. The van der Waals surface area contributed by atoms with Crippen LogP contribution in [0, 0.1) is 0 Å². The van der Waals surface area contributed by atoms with Gasteiger partial charge in [-0.15, -0.1) is 0 Å². The van der Waals surface area contributed by atoms with E-state index in [0.717, 1.165) is 5.56 Å². The van der Waals surface area contributed by atoms with Crippen LogP contribution in [0.25, 0.3) is 0 Å². The summed E-state index contributed by atoms with van der Waals surface area (Å²) in [6, 6.07) is 16.4. The number of rotatable bonds is 5. The minimum absolute atomic E-state index is 0.147. The van der Waals surface area contributed by atoms with E-state index in [9.17, 15) is 9.59 Å². The van der Waals surface area contributed by atoms with E-state index in [0.29, 0.717) is 43.6 Å². The van der Waals surface area contributed by atoms with Crippen molar-refractivity contribution in [1.82, 2.24) is 4.90 Å². The molecule has 0 aliphatic carbocycles. The highest BCUT2D eigenvalue weighted by Crippen LogP contribution is 2.31. The minimum Gasteiger partial charge on any atom is -0.338 e. The quantitative estimate of drug-likeness (QED) is 0.813. The van der Waals surface area contributed by atoms with Gasteiger partial charge in [-0.1, -0.05) is 43.0 Å². The summed E-state index contributed by atoms with van der Waals surface area (Å²) in [4.78, 5) is 25.8. The summed E-state index contributed by atoms with van der Waals surface area (Å²) >= 11 is 0. The molecule has 1 fully saturated rings. The monoisotopic (exact) mass is 366 g/mol. The maximum Gasteiger partial charge on any atom is 0.253 e. The predicted molar refractivity (Wildman–Crippen MR) is 104 cm³/mol. The fourth-order valence-corrected chi connectivity index (χ4v) is 3.35. The van der Waals surface area contributed by atoms with Crippen LogP contribution in [0.1, 0.15) is 28.8 Å². The molecule has 4 nitrogen and oxygen atoms in total. The number of piperidine rings is 1. The van der Waals surface area contributed by atoms with E-state index in [1.807, 2.05) is 30.3 Å². The second kappa shape index (κ2) is 8.16. The van der Waals surface area contributed by atoms with Crippen LogP contribution in [-0.2, 0) is 11.2 Å². The zero-order valence-corrected chi connectivity index (χ0v) is 15.2. The zero-order valence-electron chi connectivity index (χ0n) is 15.2. The van der Waals surface area contributed by atoms with Gasteiger partial charge in [0.1, 0.15) is 5.67 Å². The molecule has 0 saturated carbocycles. The second-order valence-electron chi connectivity index (χ2n) is 6.88. The van der Waals surface area contributed by atoms with E-state index < -0.39 is 5.67 Å². The number of nitrogens with one attached hydrogen (secondary N) is 1. The maximum absolute atomic E-state index is 15.1.